The van der Waals surface area contributed by atoms with Crippen molar-refractivity contribution in [2.24, 2.45) is 0 Å². The van der Waals surface area contributed by atoms with Gasteiger partial charge in [0.2, 0.25) is 5.91 Å². The molecule has 3 aromatic rings. The van der Waals surface area contributed by atoms with Crippen LogP contribution in [0.15, 0.2) is 72.8 Å². The Morgan fingerprint density at radius 2 is 1.68 bits per heavy atom. The third kappa shape index (κ3) is 4.90. The first-order valence-electron chi connectivity index (χ1n) is 8.64. The topological polar surface area (TPSA) is 67.4 Å². The molecule has 0 aromatic heterocycles. The molecule has 0 aliphatic heterocycles. The van der Waals surface area contributed by atoms with Crippen LogP contribution in [0.25, 0.3) is 0 Å². The molecule has 3 aromatic carbocycles. The van der Waals surface area contributed by atoms with E-state index in [2.05, 4.69) is 10.6 Å². The number of carbonyl (C=O) groups excluding carboxylic acids is 2. The molecule has 0 saturated heterocycles. The summed E-state index contributed by atoms with van der Waals surface area (Å²) in [5, 5.41) is 6.14. The minimum Gasteiger partial charge on any atom is -0.497 e. The molecule has 142 valence electrons. The fraction of sp³-hybridized carbons (Fsp3) is 0.0909. The molecule has 2 N–H and O–H groups in total. The number of anilines is 2. The van der Waals surface area contributed by atoms with Crippen molar-refractivity contribution in [1.29, 1.82) is 0 Å². The lowest BCUT2D eigenvalue weighted by molar-refractivity contribution is -0.115. The van der Waals surface area contributed by atoms with Crippen molar-refractivity contribution < 1.29 is 14.3 Å². The minimum absolute atomic E-state index is 0.117. The van der Waals surface area contributed by atoms with Crippen LogP contribution in [-0.2, 0) is 11.2 Å². The molecule has 0 radical (unpaired) electrons. The number of ether oxygens (including phenoxy) is 1. The van der Waals surface area contributed by atoms with Crippen molar-refractivity contribution in [2.75, 3.05) is 17.7 Å². The lowest BCUT2D eigenvalue weighted by Crippen LogP contribution is -2.19. The van der Waals surface area contributed by atoms with Gasteiger partial charge in [-0.3, -0.25) is 9.59 Å². The van der Waals surface area contributed by atoms with Crippen molar-refractivity contribution >= 4 is 34.8 Å². The van der Waals surface area contributed by atoms with Gasteiger partial charge < -0.3 is 15.4 Å². The van der Waals surface area contributed by atoms with E-state index in [1.165, 1.54) is 0 Å². The van der Waals surface area contributed by atoms with E-state index in [9.17, 15) is 9.59 Å². The average Bonchev–Trinajstić information content (AvgIpc) is 2.70. The highest BCUT2D eigenvalue weighted by Crippen LogP contribution is 2.21. The Balaban J connectivity index is 1.74. The standard InChI is InChI=1S/C22H19ClN2O3/c1-28-17-9-6-8-16(14-17)24-22(27)18-10-3-5-12-20(18)25-21(26)13-15-7-2-4-11-19(15)23/h2-12,14H,13H2,1H3,(H,24,27)(H,25,26). The number of amides is 2. The number of para-hydroxylation sites is 1. The third-order valence-electron chi connectivity index (χ3n) is 4.08. The monoisotopic (exact) mass is 394 g/mol. The summed E-state index contributed by atoms with van der Waals surface area (Å²) >= 11 is 6.11. The molecule has 6 heteroatoms. The van der Waals surface area contributed by atoms with E-state index in [1.54, 1.807) is 67.8 Å². The van der Waals surface area contributed by atoms with E-state index >= 15 is 0 Å². The number of halogens is 1. The first-order valence-corrected chi connectivity index (χ1v) is 9.02. The molecular formula is C22H19ClN2O3. The zero-order chi connectivity index (χ0) is 19.9. The van der Waals surface area contributed by atoms with Crippen molar-refractivity contribution in [2.45, 2.75) is 6.42 Å². The van der Waals surface area contributed by atoms with E-state index in [0.29, 0.717) is 27.7 Å². The highest BCUT2D eigenvalue weighted by molar-refractivity contribution is 6.31. The maximum absolute atomic E-state index is 12.7. The van der Waals surface area contributed by atoms with E-state index in [-0.39, 0.29) is 18.2 Å². The average molecular weight is 395 g/mol. The number of nitrogens with one attached hydrogen (secondary N) is 2. The number of hydrogen-bond acceptors (Lipinski definition) is 3. The molecule has 0 aliphatic rings. The lowest BCUT2D eigenvalue weighted by atomic mass is 10.1. The predicted molar refractivity (Wildman–Crippen MR) is 111 cm³/mol. The number of rotatable bonds is 6. The van der Waals surface area contributed by atoms with E-state index in [0.717, 1.165) is 5.56 Å². The van der Waals surface area contributed by atoms with Crippen molar-refractivity contribution in [3.63, 3.8) is 0 Å². The maximum atomic E-state index is 12.7. The maximum Gasteiger partial charge on any atom is 0.257 e. The van der Waals surface area contributed by atoms with Crippen LogP contribution in [0.4, 0.5) is 11.4 Å². The Bertz CT molecular complexity index is 1000. The fourth-order valence-corrected chi connectivity index (χ4v) is 2.90. The van der Waals surface area contributed by atoms with Gasteiger partial charge >= 0.3 is 0 Å². The first-order chi connectivity index (χ1) is 13.6. The molecule has 0 spiro atoms. The second-order valence-electron chi connectivity index (χ2n) is 6.05. The molecule has 0 unspecified atom stereocenters. The van der Waals surface area contributed by atoms with Gasteiger partial charge in [-0.2, -0.15) is 0 Å². The van der Waals surface area contributed by atoms with E-state index < -0.39 is 0 Å². The van der Waals surface area contributed by atoms with Crippen molar-refractivity contribution in [3.8, 4) is 5.75 Å². The van der Waals surface area contributed by atoms with Gasteiger partial charge in [0.25, 0.3) is 5.91 Å². The van der Waals surface area contributed by atoms with Crippen molar-refractivity contribution in [3.05, 3.63) is 88.9 Å². The molecule has 0 saturated carbocycles. The largest absolute Gasteiger partial charge is 0.497 e. The number of methoxy groups -OCH3 is 1. The lowest BCUT2D eigenvalue weighted by Gasteiger charge is -2.12. The quantitative estimate of drug-likeness (QED) is 0.632. The summed E-state index contributed by atoms with van der Waals surface area (Å²) in [6.07, 6.45) is 0.117. The second kappa shape index (κ2) is 9.06. The number of benzene rings is 3. The number of hydrogen-bond donors (Lipinski definition) is 2. The number of carbonyl (C=O) groups is 2. The zero-order valence-electron chi connectivity index (χ0n) is 15.2. The van der Waals surface area contributed by atoms with Crippen LogP contribution >= 0.6 is 11.6 Å². The Kier molecular flexibility index (Phi) is 6.29. The molecule has 0 heterocycles. The Hall–Kier alpha value is -3.31. The highest BCUT2D eigenvalue weighted by Gasteiger charge is 2.14. The molecule has 0 atom stereocenters. The predicted octanol–water partition coefficient (Wildman–Crippen LogP) is 4.78. The van der Waals surface area contributed by atoms with Crippen LogP contribution in [0.1, 0.15) is 15.9 Å². The van der Waals surface area contributed by atoms with Crippen LogP contribution in [0, 0.1) is 0 Å². The summed E-state index contributed by atoms with van der Waals surface area (Å²) in [6.45, 7) is 0. The molecule has 3 rings (SSSR count). The van der Waals surface area contributed by atoms with Crippen LogP contribution in [-0.4, -0.2) is 18.9 Å². The highest BCUT2D eigenvalue weighted by atomic mass is 35.5. The van der Waals surface area contributed by atoms with Crippen LogP contribution in [0.3, 0.4) is 0 Å². The summed E-state index contributed by atoms with van der Waals surface area (Å²) in [5.41, 5.74) is 2.11. The normalized spacial score (nSPS) is 10.2. The summed E-state index contributed by atoms with van der Waals surface area (Å²) in [5.74, 6) is 0.0516. The molecule has 0 aliphatic carbocycles. The van der Waals surface area contributed by atoms with Crippen LogP contribution < -0.4 is 15.4 Å². The summed E-state index contributed by atoms with van der Waals surface area (Å²) in [4.78, 5) is 25.1. The molecule has 2 amide bonds. The van der Waals surface area contributed by atoms with Crippen LogP contribution in [0.5, 0.6) is 5.75 Å². The summed E-state index contributed by atoms with van der Waals surface area (Å²) in [6, 6.07) is 21.1. The Labute approximate surface area is 168 Å². The van der Waals surface area contributed by atoms with Gasteiger partial charge in [0.1, 0.15) is 5.75 Å². The van der Waals surface area contributed by atoms with Gasteiger partial charge in [-0.15, -0.1) is 0 Å². The van der Waals surface area contributed by atoms with Gasteiger partial charge in [0.15, 0.2) is 0 Å². The smallest absolute Gasteiger partial charge is 0.257 e. The Morgan fingerprint density at radius 1 is 0.929 bits per heavy atom. The molecule has 0 bridgehead atoms. The molecule has 0 fully saturated rings. The molecular weight excluding hydrogens is 376 g/mol. The van der Waals surface area contributed by atoms with Gasteiger partial charge in [0, 0.05) is 16.8 Å². The first kappa shape index (κ1) is 19.5. The Morgan fingerprint density at radius 3 is 2.46 bits per heavy atom. The van der Waals surface area contributed by atoms with E-state index in [4.69, 9.17) is 16.3 Å². The van der Waals surface area contributed by atoms with Gasteiger partial charge in [-0.25, -0.2) is 0 Å². The van der Waals surface area contributed by atoms with Gasteiger partial charge in [-0.05, 0) is 35.9 Å². The second-order valence-corrected chi connectivity index (χ2v) is 6.46. The molecule has 5 nitrogen and oxygen atoms in total. The zero-order valence-corrected chi connectivity index (χ0v) is 16.0. The van der Waals surface area contributed by atoms with Crippen molar-refractivity contribution in [1.82, 2.24) is 0 Å². The van der Waals surface area contributed by atoms with E-state index in [1.807, 2.05) is 12.1 Å². The summed E-state index contributed by atoms with van der Waals surface area (Å²) in [7, 11) is 1.56. The summed E-state index contributed by atoms with van der Waals surface area (Å²) < 4.78 is 5.17. The minimum atomic E-state index is -0.332. The van der Waals surface area contributed by atoms with Crippen LogP contribution in [0.2, 0.25) is 5.02 Å². The molecule has 28 heavy (non-hydrogen) atoms. The van der Waals surface area contributed by atoms with Gasteiger partial charge in [-0.1, -0.05) is 48.0 Å². The van der Waals surface area contributed by atoms with Gasteiger partial charge in [0.05, 0.1) is 24.8 Å². The SMILES string of the molecule is COc1cccc(NC(=O)c2ccccc2NC(=O)Cc2ccccc2Cl)c1. The third-order valence-corrected chi connectivity index (χ3v) is 4.45. The fourth-order valence-electron chi connectivity index (χ4n) is 2.70.